The van der Waals surface area contributed by atoms with Gasteiger partial charge in [0.15, 0.2) is 5.78 Å². The van der Waals surface area contributed by atoms with Crippen LogP contribution in [-0.2, 0) is 4.74 Å². The standard InChI is InChI=1S/C14H17F3O3/c1-2-13(18)11-4-6-12(7-5-11)20-9-3-8-19-10-14(15,16)17/h4-7H,2-3,8-10H2,1H3. The van der Waals surface area contributed by atoms with Crippen LogP contribution in [0.25, 0.3) is 0 Å². The van der Waals surface area contributed by atoms with Crippen LogP contribution in [0.15, 0.2) is 24.3 Å². The largest absolute Gasteiger partial charge is 0.494 e. The van der Waals surface area contributed by atoms with Crippen molar-refractivity contribution in [3.05, 3.63) is 29.8 Å². The summed E-state index contributed by atoms with van der Waals surface area (Å²) in [6, 6.07) is 6.67. The fourth-order valence-electron chi connectivity index (χ4n) is 1.48. The third-order valence-corrected chi connectivity index (χ3v) is 2.46. The monoisotopic (exact) mass is 290 g/mol. The summed E-state index contributed by atoms with van der Waals surface area (Å²) >= 11 is 0. The van der Waals surface area contributed by atoms with Crippen LogP contribution in [-0.4, -0.2) is 31.8 Å². The third-order valence-electron chi connectivity index (χ3n) is 2.46. The van der Waals surface area contributed by atoms with E-state index in [4.69, 9.17) is 4.74 Å². The lowest BCUT2D eigenvalue weighted by Gasteiger charge is -2.09. The lowest BCUT2D eigenvalue weighted by Crippen LogP contribution is -2.18. The van der Waals surface area contributed by atoms with Gasteiger partial charge in [0.2, 0.25) is 0 Å². The van der Waals surface area contributed by atoms with Gasteiger partial charge in [-0.15, -0.1) is 0 Å². The van der Waals surface area contributed by atoms with Gasteiger partial charge >= 0.3 is 6.18 Å². The second-order valence-electron chi connectivity index (χ2n) is 4.17. The molecule has 0 fully saturated rings. The maximum absolute atomic E-state index is 11.8. The van der Waals surface area contributed by atoms with E-state index in [1.807, 2.05) is 0 Å². The van der Waals surface area contributed by atoms with E-state index in [1.54, 1.807) is 31.2 Å². The van der Waals surface area contributed by atoms with Gasteiger partial charge in [-0.3, -0.25) is 4.79 Å². The molecule has 0 bridgehead atoms. The van der Waals surface area contributed by atoms with Crippen molar-refractivity contribution in [3.63, 3.8) is 0 Å². The minimum Gasteiger partial charge on any atom is -0.494 e. The molecule has 0 spiro atoms. The number of hydrogen-bond acceptors (Lipinski definition) is 3. The molecule has 6 heteroatoms. The quantitative estimate of drug-likeness (QED) is 0.542. The minimum absolute atomic E-state index is 0.00802. The molecule has 0 N–H and O–H groups in total. The molecule has 3 nitrogen and oxygen atoms in total. The first-order chi connectivity index (χ1) is 9.42. The number of rotatable bonds is 8. The van der Waals surface area contributed by atoms with Gasteiger partial charge in [-0.2, -0.15) is 13.2 Å². The number of hydrogen-bond donors (Lipinski definition) is 0. The topological polar surface area (TPSA) is 35.5 Å². The number of halogens is 3. The molecule has 0 unspecified atom stereocenters. The third kappa shape index (κ3) is 6.56. The van der Waals surface area contributed by atoms with E-state index in [0.717, 1.165) is 0 Å². The zero-order chi connectivity index (χ0) is 15.0. The molecule has 0 saturated carbocycles. The molecule has 0 aromatic heterocycles. The Kier molecular flexibility index (Phi) is 6.51. The molecule has 0 aliphatic heterocycles. The number of alkyl halides is 3. The van der Waals surface area contributed by atoms with E-state index in [-0.39, 0.29) is 19.0 Å². The van der Waals surface area contributed by atoms with Crippen molar-refractivity contribution in [3.8, 4) is 5.75 Å². The van der Waals surface area contributed by atoms with Crippen LogP contribution in [0.2, 0.25) is 0 Å². The van der Waals surface area contributed by atoms with Crippen LogP contribution < -0.4 is 4.74 Å². The van der Waals surface area contributed by atoms with Crippen LogP contribution in [0.5, 0.6) is 5.75 Å². The first kappa shape index (κ1) is 16.5. The van der Waals surface area contributed by atoms with Crippen LogP contribution >= 0.6 is 0 Å². The average Bonchev–Trinajstić information content (AvgIpc) is 2.41. The predicted octanol–water partition coefficient (Wildman–Crippen LogP) is 3.63. The molecule has 0 heterocycles. The number of benzene rings is 1. The fourth-order valence-corrected chi connectivity index (χ4v) is 1.48. The molecule has 1 rings (SSSR count). The molecule has 0 atom stereocenters. The van der Waals surface area contributed by atoms with Crippen LogP contribution in [0.1, 0.15) is 30.1 Å². The van der Waals surface area contributed by atoms with Crippen LogP contribution in [0.3, 0.4) is 0 Å². The second-order valence-corrected chi connectivity index (χ2v) is 4.17. The Morgan fingerprint density at radius 2 is 1.80 bits per heavy atom. The smallest absolute Gasteiger partial charge is 0.411 e. The fraction of sp³-hybridized carbons (Fsp3) is 0.500. The summed E-state index contributed by atoms with van der Waals surface area (Å²) in [7, 11) is 0. The van der Waals surface area contributed by atoms with E-state index < -0.39 is 12.8 Å². The molecule has 0 amide bonds. The van der Waals surface area contributed by atoms with Gasteiger partial charge < -0.3 is 9.47 Å². The summed E-state index contributed by atoms with van der Waals surface area (Å²) in [5.41, 5.74) is 0.619. The Labute approximate surface area is 115 Å². The number of Topliss-reactive ketones (excluding diaryl/α,β-unsaturated/α-hetero) is 1. The van der Waals surface area contributed by atoms with E-state index in [1.165, 1.54) is 0 Å². The van der Waals surface area contributed by atoms with Crippen molar-refractivity contribution >= 4 is 5.78 Å². The Bertz CT molecular complexity index is 413. The van der Waals surface area contributed by atoms with Crippen LogP contribution in [0.4, 0.5) is 13.2 Å². The number of carbonyl (C=O) groups excluding carboxylic acids is 1. The highest BCUT2D eigenvalue weighted by Gasteiger charge is 2.27. The summed E-state index contributed by atoms with van der Waals surface area (Å²) in [5.74, 6) is 0.630. The van der Waals surface area contributed by atoms with E-state index >= 15 is 0 Å². The number of carbonyl (C=O) groups is 1. The highest BCUT2D eigenvalue weighted by molar-refractivity contribution is 5.95. The van der Waals surface area contributed by atoms with Crippen molar-refractivity contribution in [2.24, 2.45) is 0 Å². The highest BCUT2D eigenvalue weighted by atomic mass is 19.4. The number of ether oxygens (including phenoxy) is 2. The zero-order valence-electron chi connectivity index (χ0n) is 11.2. The lowest BCUT2D eigenvalue weighted by molar-refractivity contribution is -0.174. The Hall–Kier alpha value is -1.56. The van der Waals surface area contributed by atoms with Gasteiger partial charge in [-0.1, -0.05) is 6.92 Å². The average molecular weight is 290 g/mol. The molecule has 1 aromatic carbocycles. The van der Waals surface area contributed by atoms with Gasteiger partial charge in [0.05, 0.1) is 13.2 Å². The van der Waals surface area contributed by atoms with Gasteiger partial charge in [0.25, 0.3) is 0 Å². The number of ketones is 1. The van der Waals surface area contributed by atoms with Gasteiger partial charge in [-0.05, 0) is 24.3 Å². The Balaban J connectivity index is 2.21. The molecule has 1 aromatic rings. The first-order valence-electron chi connectivity index (χ1n) is 6.33. The summed E-state index contributed by atoms with van der Waals surface area (Å²) in [6.07, 6.45) is -3.48. The van der Waals surface area contributed by atoms with Crippen molar-refractivity contribution < 1.29 is 27.4 Å². The zero-order valence-corrected chi connectivity index (χ0v) is 11.2. The molecular weight excluding hydrogens is 273 g/mol. The Morgan fingerprint density at radius 1 is 1.15 bits per heavy atom. The lowest BCUT2D eigenvalue weighted by atomic mass is 10.1. The van der Waals surface area contributed by atoms with E-state index in [0.29, 0.717) is 24.2 Å². The SMILES string of the molecule is CCC(=O)c1ccc(OCCCOCC(F)(F)F)cc1. The molecular formula is C14H17F3O3. The molecule has 112 valence electrons. The maximum atomic E-state index is 11.8. The normalized spacial score (nSPS) is 11.4. The highest BCUT2D eigenvalue weighted by Crippen LogP contribution is 2.15. The summed E-state index contributed by atoms with van der Waals surface area (Å²) in [6.45, 7) is 0.805. The van der Waals surface area contributed by atoms with Gasteiger partial charge in [0, 0.05) is 18.4 Å². The first-order valence-corrected chi connectivity index (χ1v) is 6.33. The van der Waals surface area contributed by atoms with Crippen molar-refractivity contribution in [2.45, 2.75) is 25.9 Å². The second kappa shape index (κ2) is 7.89. The minimum atomic E-state index is -4.29. The van der Waals surface area contributed by atoms with E-state index in [2.05, 4.69) is 4.74 Å². The summed E-state index contributed by atoms with van der Waals surface area (Å²) in [5, 5.41) is 0. The molecule has 0 aliphatic rings. The van der Waals surface area contributed by atoms with Gasteiger partial charge in [0.1, 0.15) is 12.4 Å². The molecule has 0 saturated heterocycles. The summed E-state index contributed by atoms with van der Waals surface area (Å²) < 4.78 is 45.1. The van der Waals surface area contributed by atoms with E-state index in [9.17, 15) is 18.0 Å². The van der Waals surface area contributed by atoms with Crippen molar-refractivity contribution in [1.29, 1.82) is 0 Å². The molecule has 0 aliphatic carbocycles. The van der Waals surface area contributed by atoms with Crippen molar-refractivity contribution in [1.82, 2.24) is 0 Å². The molecule has 0 radical (unpaired) electrons. The predicted molar refractivity (Wildman–Crippen MR) is 68.0 cm³/mol. The van der Waals surface area contributed by atoms with Gasteiger partial charge in [-0.25, -0.2) is 0 Å². The maximum Gasteiger partial charge on any atom is 0.411 e. The van der Waals surface area contributed by atoms with Crippen LogP contribution in [0, 0.1) is 0 Å². The Morgan fingerprint density at radius 3 is 2.35 bits per heavy atom. The summed E-state index contributed by atoms with van der Waals surface area (Å²) in [4.78, 5) is 11.4. The van der Waals surface area contributed by atoms with Crippen molar-refractivity contribution in [2.75, 3.05) is 19.8 Å². The molecule has 20 heavy (non-hydrogen) atoms.